The van der Waals surface area contributed by atoms with Gasteiger partial charge in [-0.15, -0.1) is 0 Å². The Bertz CT molecular complexity index is 1170. The van der Waals surface area contributed by atoms with Gasteiger partial charge >= 0.3 is 0 Å². The molecule has 0 fully saturated rings. The number of rotatable bonds is 4. The van der Waals surface area contributed by atoms with Gasteiger partial charge in [-0.05, 0) is 36.2 Å². The lowest BCUT2D eigenvalue weighted by Gasteiger charge is -2.03. The number of aromatic amines is 1. The van der Waals surface area contributed by atoms with Gasteiger partial charge in [-0.25, -0.2) is 5.43 Å². The largest absolute Gasteiger partial charge is 0.289 e. The van der Waals surface area contributed by atoms with Gasteiger partial charge in [0.25, 0.3) is 5.91 Å². The summed E-state index contributed by atoms with van der Waals surface area (Å²) in [5.74, 6) is -0.328. The zero-order chi connectivity index (χ0) is 19.5. The van der Waals surface area contributed by atoms with E-state index < -0.39 is 0 Å². The van der Waals surface area contributed by atoms with Crippen molar-refractivity contribution in [3.63, 3.8) is 0 Å². The van der Waals surface area contributed by atoms with Crippen LogP contribution in [-0.2, 0) is 0 Å². The molecule has 2 N–H and O–H groups in total. The molecule has 1 heterocycles. The molecule has 138 valence electrons. The van der Waals surface area contributed by atoms with E-state index >= 15 is 0 Å². The van der Waals surface area contributed by atoms with Crippen molar-refractivity contribution in [1.82, 2.24) is 15.6 Å². The van der Waals surface area contributed by atoms with Gasteiger partial charge in [0.05, 0.1) is 11.4 Å². The lowest BCUT2D eigenvalue weighted by atomic mass is 10.0. The number of fused-ring (bicyclic) bond motifs is 1. The Hall–Kier alpha value is -3.73. The summed E-state index contributed by atoms with van der Waals surface area (Å²) >= 11 is 0. The third kappa shape index (κ3) is 3.55. The highest BCUT2D eigenvalue weighted by molar-refractivity contribution is 6.01. The summed E-state index contributed by atoms with van der Waals surface area (Å²) in [4.78, 5) is 12.5. The van der Waals surface area contributed by atoms with Crippen LogP contribution in [0.3, 0.4) is 0 Å². The van der Waals surface area contributed by atoms with Crippen molar-refractivity contribution in [3.8, 4) is 11.3 Å². The van der Waals surface area contributed by atoms with Crippen molar-refractivity contribution >= 4 is 22.4 Å². The van der Waals surface area contributed by atoms with Crippen LogP contribution in [-0.4, -0.2) is 21.8 Å². The number of nitrogens with zero attached hydrogens (tertiary/aromatic N) is 2. The van der Waals surface area contributed by atoms with Crippen LogP contribution in [0.4, 0.5) is 0 Å². The van der Waals surface area contributed by atoms with Gasteiger partial charge < -0.3 is 0 Å². The van der Waals surface area contributed by atoms with Crippen LogP contribution < -0.4 is 5.43 Å². The van der Waals surface area contributed by atoms with Crippen molar-refractivity contribution in [2.24, 2.45) is 5.10 Å². The number of amides is 1. The van der Waals surface area contributed by atoms with E-state index in [0.29, 0.717) is 5.69 Å². The van der Waals surface area contributed by atoms with Crippen LogP contribution in [0.2, 0.25) is 0 Å². The fraction of sp³-hybridized carbons (Fsp3) is 0.0870. The monoisotopic (exact) mass is 368 g/mol. The van der Waals surface area contributed by atoms with Gasteiger partial charge in [0, 0.05) is 5.56 Å². The van der Waals surface area contributed by atoms with E-state index in [4.69, 9.17) is 0 Å². The average Bonchev–Trinajstić information content (AvgIpc) is 3.22. The van der Waals surface area contributed by atoms with E-state index in [2.05, 4.69) is 32.9 Å². The summed E-state index contributed by atoms with van der Waals surface area (Å²) in [6, 6.07) is 23.9. The molecule has 4 rings (SSSR count). The lowest BCUT2D eigenvalue weighted by molar-refractivity contribution is 0.0950. The first-order valence-electron chi connectivity index (χ1n) is 9.07. The molecule has 0 radical (unpaired) electrons. The van der Waals surface area contributed by atoms with Gasteiger partial charge in [0.15, 0.2) is 0 Å². The summed E-state index contributed by atoms with van der Waals surface area (Å²) in [5.41, 5.74) is 7.54. The summed E-state index contributed by atoms with van der Waals surface area (Å²) in [6.45, 7) is 3.89. The van der Waals surface area contributed by atoms with Gasteiger partial charge in [0.1, 0.15) is 5.69 Å². The van der Waals surface area contributed by atoms with E-state index in [1.165, 1.54) is 5.56 Å². The molecule has 28 heavy (non-hydrogen) atoms. The zero-order valence-electron chi connectivity index (χ0n) is 15.7. The number of H-pyrrole nitrogens is 1. The first-order valence-corrected chi connectivity index (χ1v) is 9.07. The second kappa shape index (κ2) is 7.48. The molecule has 0 atom stereocenters. The molecule has 0 aliphatic carbocycles. The Morgan fingerprint density at radius 1 is 1.00 bits per heavy atom. The summed E-state index contributed by atoms with van der Waals surface area (Å²) in [5, 5.41) is 13.6. The third-order valence-electron chi connectivity index (χ3n) is 4.68. The standard InChI is InChI=1S/C23H20N4O/c1-15-10-12-17(13-11-15)16(2)24-27-23(28)22-14-21(25-26-22)20-9-5-7-18-6-3-4-8-19(18)20/h3-14H,1-2H3,(H,25,26)(H,27,28)/b24-16-. The van der Waals surface area contributed by atoms with Gasteiger partial charge in [-0.3, -0.25) is 9.89 Å². The SMILES string of the molecule is C/C(=N/NC(=O)c1cc(-c2cccc3ccccc23)n[nH]1)c1ccc(C)cc1. The molecule has 4 aromatic rings. The normalized spacial score (nSPS) is 11.6. The van der Waals surface area contributed by atoms with Gasteiger partial charge in [0.2, 0.25) is 0 Å². The minimum atomic E-state index is -0.328. The number of carbonyl (C=O) groups excluding carboxylic acids is 1. The van der Waals surface area contributed by atoms with Crippen LogP contribution in [0.25, 0.3) is 22.0 Å². The van der Waals surface area contributed by atoms with Crippen molar-refractivity contribution in [3.05, 3.63) is 89.6 Å². The zero-order valence-corrected chi connectivity index (χ0v) is 15.7. The second-order valence-corrected chi connectivity index (χ2v) is 6.70. The van der Waals surface area contributed by atoms with E-state index in [1.807, 2.05) is 68.4 Å². The van der Waals surface area contributed by atoms with Crippen molar-refractivity contribution in [2.75, 3.05) is 0 Å². The second-order valence-electron chi connectivity index (χ2n) is 6.70. The fourth-order valence-electron chi connectivity index (χ4n) is 3.08. The maximum absolute atomic E-state index is 12.5. The highest BCUT2D eigenvalue weighted by atomic mass is 16.2. The Kier molecular flexibility index (Phi) is 4.72. The predicted molar refractivity (Wildman–Crippen MR) is 112 cm³/mol. The maximum atomic E-state index is 12.5. The quantitative estimate of drug-likeness (QED) is 0.405. The Morgan fingerprint density at radius 2 is 1.75 bits per heavy atom. The maximum Gasteiger partial charge on any atom is 0.289 e. The number of aryl methyl sites for hydroxylation is 1. The summed E-state index contributed by atoms with van der Waals surface area (Å²) < 4.78 is 0. The fourth-order valence-corrected chi connectivity index (χ4v) is 3.08. The molecule has 0 aliphatic rings. The highest BCUT2D eigenvalue weighted by Gasteiger charge is 2.12. The van der Waals surface area contributed by atoms with Crippen LogP contribution in [0.5, 0.6) is 0 Å². The number of hydrazone groups is 1. The van der Waals surface area contributed by atoms with Gasteiger partial charge in [-0.2, -0.15) is 10.2 Å². The molecular formula is C23H20N4O. The number of benzene rings is 3. The minimum absolute atomic E-state index is 0.328. The molecular weight excluding hydrogens is 348 g/mol. The molecule has 1 amide bonds. The molecule has 0 spiro atoms. The Morgan fingerprint density at radius 3 is 2.57 bits per heavy atom. The first kappa shape index (κ1) is 17.7. The predicted octanol–water partition coefficient (Wildman–Crippen LogP) is 4.69. The van der Waals surface area contributed by atoms with E-state index in [-0.39, 0.29) is 5.91 Å². The Labute approximate surface area is 163 Å². The van der Waals surface area contributed by atoms with E-state index in [1.54, 1.807) is 6.07 Å². The van der Waals surface area contributed by atoms with Crippen molar-refractivity contribution < 1.29 is 4.79 Å². The molecule has 5 nitrogen and oxygen atoms in total. The van der Waals surface area contributed by atoms with Crippen molar-refractivity contribution in [1.29, 1.82) is 0 Å². The number of carbonyl (C=O) groups is 1. The number of aromatic nitrogens is 2. The molecule has 1 aromatic heterocycles. The molecule has 0 bridgehead atoms. The lowest BCUT2D eigenvalue weighted by Crippen LogP contribution is -2.19. The number of nitrogens with one attached hydrogen (secondary N) is 2. The molecule has 5 heteroatoms. The molecule has 0 unspecified atom stereocenters. The van der Waals surface area contributed by atoms with Crippen molar-refractivity contribution in [2.45, 2.75) is 13.8 Å². The Balaban J connectivity index is 1.54. The molecule has 0 saturated carbocycles. The van der Waals surface area contributed by atoms with E-state index in [0.717, 1.165) is 33.3 Å². The summed E-state index contributed by atoms with van der Waals surface area (Å²) in [6.07, 6.45) is 0. The molecule has 3 aromatic carbocycles. The highest BCUT2D eigenvalue weighted by Crippen LogP contribution is 2.27. The summed E-state index contributed by atoms with van der Waals surface area (Å²) in [7, 11) is 0. The van der Waals surface area contributed by atoms with E-state index in [9.17, 15) is 4.79 Å². The first-order chi connectivity index (χ1) is 13.6. The van der Waals surface area contributed by atoms with Crippen LogP contribution in [0.1, 0.15) is 28.5 Å². The average molecular weight is 368 g/mol. The smallest absolute Gasteiger partial charge is 0.272 e. The third-order valence-corrected chi connectivity index (χ3v) is 4.68. The van der Waals surface area contributed by atoms with Crippen LogP contribution in [0.15, 0.2) is 77.9 Å². The number of hydrogen-bond donors (Lipinski definition) is 2. The molecule has 0 saturated heterocycles. The number of hydrogen-bond acceptors (Lipinski definition) is 3. The van der Waals surface area contributed by atoms with Crippen LogP contribution in [0, 0.1) is 6.92 Å². The minimum Gasteiger partial charge on any atom is -0.272 e. The topological polar surface area (TPSA) is 70.1 Å². The molecule has 0 aliphatic heterocycles. The van der Waals surface area contributed by atoms with Crippen LogP contribution >= 0.6 is 0 Å². The van der Waals surface area contributed by atoms with Gasteiger partial charge in [-0.1, -0.05) is 72.3 Å².